The molecule has 66 heavy (non-hydrogen) atoms. The van der Waals surface area contributed by atoms with Gasteiger partial charge >= 0.3 is 0 Å². The van der Waals surface area contributed by atoms with Gasteiger partial charge in [0.15, 0.2) is 0 Å². The molecular weight excluding hydrogens is 840 g/mol. The number of nitrogens with one attached hydrogen (secondary N) is 1. The largest absolute Gasteiger partial charge is 0.756 e. The normalized spacial score (nSPS) is 13.9. The molecule has 0 fully saturated rings. The van der Waals surface area contributed by atoms with Crippen molar-refractivity contribution in [2.24, 2.45) is 0 Å². The number of carbonyl (C=O) groups excluding carboxylic acids is 1. The summed E-state index contributed by atoms with van der Waals surface area (Å²) in [5.41, 5.74) is 0. The van der Waals surface area contributed by atoms with Crippen LogP contribution in [-0.4, -0.2) is 68.5 Å². The molecule has 3 atom stereocenters. The van der Waals surface area contributed by atoms with Crippen LogP contribution in [0.5, 0.6) is 0 Å². The van der Waals surface area contributed by atoms with Crippen molar-refractivity contribution in [3.63, 3.8) is 0 Å². The maximum Gasteiger partial charge on any atom is 0.268 e. The van der Waals surface area contributed by atoms with Crippen LogP contribution in [-0.2, 0) is 18.4 Å². The van der Waals surface area contributed by atoms with E-state index in [-0.39, 0.29) is 19.1 Å². The number of unbranched alkanes of at least 4 members (excludes halogenated alkanes) is 42. The van der Waals surface area contributed by atoms with Crippen LogP contribution >= 0.6 is 7.82 Å². The molecule has 0 aromatic rings. The van der Waals surface area contributed by atoms with Crippen LogP contribution in [0.25, 0.3) is 0 Å². The van der Waals surface area contributed by atoms with Gasteiger partial charge in [0.2, 0.25) is 5.91 Å². The Balaban J connectivity index is 3.90. The van der Waals surface area contributed by atoms with Crippen molar-refractivity contribution in [3.8, 4) is 0 Å². The van der Waals surface area contributed by atoms with E-state index in [2.05, 4.69) is 19.2 Å². The summed E-state index contributed by atoms with van der Waals surface area (Å²) in [6.07, 6.45) is 58.8. The maximum absolute atomic E-state index is 12.9. The Labute approximate surface area is 412 Å². The first-order valence-electron chi connectivity index (χ1n) is 29.4. The Kier molecular flexibility index (Phi) is 49.1. The van der Waals surface area contributed by atoms with Crippen LogP contribution < -0.4 is 10.2 Å². The third-order valence-electron chi connectivity index (χ3n) is 13.8. The maximum atomic E-state index is 12.9. The second kappa shape index (κ2) is 49.5. The topological polar surface area (TPSA) is 108 Å². The minimum atomic E-state index is -4.56. The standard InChI is InChI=1S/C57H117N2O6P/c1-6-8-10-12-14-16-18-19-20-21-22-23-24-25-26-27-28-29-30-31-32-33-34-35-36-37-38-39-41-42-44-46-48-50-56(60)55(54-65-66(62,63)64-53-52-59(3,4)5)58-57(61)51-49-47-45-43-40-17-15-13-11-9-7-2/h55-56,60H,6-54H2,1-5H3,(H-,58,61,62,63). The van der Waals surface area contributed by atoms with Crippen molar-refractivity contribution in [1.82, 2.24) is 5.32 Å². The van der Waals surface area contributed by atoms with Gasteiger partial charge in [-0.15, -0.1) is 0 Å². The number of phosphoric ester groups is 1. The monoisotopic (exact) mass is 957 g/mol. The summed E-state index contributed by atoms with van der Waals surface area (Å²) in [5, 5.41) is 14.0. The molecule has 0 aliphatic heterocycles. The quantitative estimate of drug-likeness (QED) is 0.0357. The highest BCUT2D eigenvalue weighted by molar-refractivity contribution is 7.45. The molecule has 396 valence electrons. The molecule has 0 saturated heterocycles. The van der Waals surface area contributed by atoms with E-state index < -0.39 is 20.0 Å². The fourth-order valence-electron chi connectivity index (χ4n) is 9.22. The molecule has 0 aromatic heterocycles. The SMILES string of the molecule is CCCCCCCCCCCCCCCCCCCCCCCCCCCCCCCCCCCC(O)C(COP(=O)([O-])OCC[N+](C)(C)C)NC(=O)CCCCCCCCCCCCC. The number of quaternary nitrogens is 1. The summed E-state index contributed by atoms with van der Waals surface area (Å²) in [7, 11) is 1.32. The minimum Gasteiger partial charge on any atom is -0.756 e. The molecule has 0 aromatic carbocycles. The van der Waals surface area contributed by atoms with Crippen LogP contribution in [0.3, 0.4) is 0 Å². The Morgan fingerprint density at radius 3 is 1.03 bits per heavy atom. The summed E-state index contributed by atoms with van der Waals surface area (Å²) in [5.74, 6) is -0.161. The van der Waals surface area contributed by atoms with E-state index in [9.17, 15) is 19.4 Å². The molecule has 0 spiro atoms. The summed E-state index contributed by atoms with van der Waals surface area (Å²) in [6.45, 7) is 4.75. The molecule has 0 saturated carbocycles. The summed E-state index contributed by atoms with van der Waals surface area (Å²) in [4.78, 5) is 25.4. The zero-order chi connectivity index (χ0) is 48.5. The molecule has 0 radical (unpaired) electrons. The number of rotatable bonds is 55. The van der Waals surface area contributed by atoms with Crippen LogP contribution in [0.2, 0.25) is 0 Å². The molecule has 0 aliphatic carbocycles. The average molecular weight is 958 g/mol. The lowest BCUT2D eigenvalue weighted by Crippen LogP contribution is -2.46. The van der Waals surface area contributed by atoms with Gasteiger partial charge in [-0.05, 0) is 12.8 Å². The smallest absolute Gasteiger partial charge is 0.268 e. The lowest BCUT2D eigenvalue weighted by atomic mass is 10.0. The number of phosphoric acid groups is 1. The molecule has 0 rings (SSSR count). The van der Waals surface area contributed by atoms with Gasteiger partial charge in [-0.25, -0.2) is 0 Å². The molecule has 9 heteroatoms. The van der Waals surface area contributed by atoms with Crippen LogP contribution in [0.15, 0.2) is 0 Å². The summed E-state index contributed by atoms with van der Waals surface area (Å²) in [6, 6.07) is -0.794. The van der Waals surface area contributed by atoms with E-state index in [0.29, 0.717) is 23.9 Å². The van der Waals surface area contributed by atoms with E-state index in [1.54, 1.807) is 0 Å². The summed E-state index contributed by atoms with van der Waals surface area (Å²) < 4.78 is 23.4. The van der Waals surface area contributed by atoms with E-state index in [0.717, 1.165) is 38.5 Å². The number of amides is 1. The number of aliphatic hydroxyl groups excluding tert-OH is 1. The molecule has 0 heterocycles. The Hall–Kier alpha value is -0.500. The molecule has 2 N–H and O–H groups in total. The van der Waals surface area contributed by atoms with Gasteiger partial charge in [-0.3, -0.25) is 9.36 Å². The van der Waals surface area contributed by atoms with Crippen molar-refractivity contribution >= 4 is 13.7 Å². The van der Waals surface area contributed by atoms with Crippen LogP contribution in [0.1, 0.15) is 309 Å². The highest BCUT2D eigenvalue weighted by Crippen LogP contribution is 2.38. The fraction of sp³-hybridized carbons (Fsp3) is 0.982. The number of aliphatic hydroxyl groups is 1. The zero-order valence-electron chi connectivity index (χ0n) is 45.2. The van der Waals surface area contributed by atoms with Gasteiger partial charge in [0.05, 0.1) is 39.9 Å². The minimum absolute atomic E-state index is 0.0163. The number of carbonyl (C=O) groups is 1. The lowest BCUT2D eigenvalue weighted by Gasteiger charge is -2.30. The first-order valence-corrected chi connectivity index (χ1v) is 30.8. The second-order valence-corrected chi connectivity index (χ2v) is 23.1. The molecule has 1 amide bonds. The molecular formula is C57H117N2O6P. The number of nitrogens with zero attached hydrogens (tertiary/aromatic N) is 1. The first kappa shape index (κ1) is 65.5. The van der Waals surface area contributed by atoms with Gasteiger partial charge < -0.3 is 28.8 Å². The summed E-state index contributed by atoms with van der Waals surface area (Å²) >= 11 is 0. The van der Waals surface area contributed by atoms with Crippen molar-refractivity contribution < 1.29 is 32.9 Å². The van der Waals surface area contributed by atoms with Gasteiger partial charge in [0, 0.05) is 6.42 Å². The lowest BCUT2D eigenvalue weighted by molar-refractivity contribution is -0.870. The second-order valence-electron chi connectivity index (χ2n) is 21.7. The molecule has 3 unspecified atom stereocenters. The van der Waals surface area contributed by atoms with Crippen LogP contribution in [0.4, 0.5) is 0 Å². The van der Waals surface area contributed by atoms with Crippen molar-refractivity contribution in [3.05, 3.63) is 0 Å². The first-order chi connectivity index (χ1) is 32.0. The van der Waals surface area contributed by atoms with E-state index >= 15 is 0 Å². The van der Waals surface area contributed by atoms with Gasteiger partial charge in [-0.2, -0.15) is 0 Å². The van der Waals surface area contributed by atoms with Crippen molar-refractivity contribution in [2.45, 2.75) is 321 Å². The van der Waals surface area contributed by atoms with Gasteiger partial charge in [-0.1, -0.05) is 290 Å². The third kappa shape index (κ3) is 51.4. The fourth-order valence-corrected chi connectivity index (χ4v) is 9.94. The molecule has 0 bridgehead atoms. The molecule has 8 nitrogen and oxygen atoms in total. The predicted molar refractivity (Wildman–Crippen MR) is 284 cm³/mol. The van der Waals surface area contributed by atoms with E-state index in [4.69, 9.17) is 9.05 Å². The Morgan fingerprint density at radius 2 is 0.742 bits per heavy atom. The Morgan fingerprint density at radius 1 is 0.470 bits per heavy atom. The number of likely N-dealkylation sites (N-methyl/N-ethyl adjacent to an activating group) is 1. The average Bonchev–Trinajstić information content (AvgIpc) is 3.28. The highest BCUT2D eigenvalue weighted by atomic mass is 31.2. The van der Waals surface area contributed by atoms with Crippen molar-refractivity contribution in [2.75, 3.05) is 40.9 Å². The van der Waals surface area contributed by atoms with E-state index in [1.807, 2.05) is 21.1 Å². The zero-order valence-corrected chi connectivity index (χ0v) is 46.1. The van der Waals surface area contributed by atoms with Crippen LogP contribution in [0, 0.1) is 0 Å². The Bertz CT molecular complexity index is 1040. The highest BCUT2D eigenvalue weighted by Gasteiger charge is 2.24. The van der Waals surface area contributed by atoms with Crippen molar-refractivity contribution in [1.29, 1.82) is 0 Å². The third-order valence-corrected chi connectivity index (χ3v) is 14.8. The van der Waals surface area contributed by atoms with E-state index in [1.165, 1.54) is 244 Å². The predicted octanol–water partition coefficient (Wildman–Crippen LogP) is 17.0. The number of hydrogen-bond donors (Lipinski definition) is 2. The van der Waals surface area contributed by atoms with Gasteiger partial charge in [0.1, 0.15) is 13.2 Å². The number of hydrogen-bond acceptors (Lipinski definition) is 6. The molecule has 0 aliphatic rings. The van der Waals surface area contributed by atoms with Gasteiger partial charge in [0.25, 0.3) is 7.82 Å².